The van der Waals surface area contributed by atoms with E-state index in [0.717, 1.165) is 63.4 Å². The first kappa shape index (κ1) is 26.3. The first-order valence-electron chi connectivity index (χ1n) is 14.3. The Kier molecular flexibility index (Phi) is 7.16. The number of rotatable bonds is 5. The third kappa shape index (κ3) is 5.32. The van der Waals surface area contributed by atoms with Crippen molar-refractivity contribution < 1.29 is 22.8 Å². The second-order valence-corrected chi connectivity index (χ2v) is 11.6. The van der Waals surface area contributed by atoms with E-state index in [-0.39, 0.29) is 41.8 Å². The fourth-order valence-electron chi connectivity index (χ4n) is 6.73. The zero-order chi connectivity index (χ0) is 27.1. The molecule has 1 saturated carbocycles. The molecule has 1 N–H and O–H groups in total. The Morgan fingerprint density at radius 1 is 0.872 bits per heavy atom. The third-order valence-corrected chi connectivity index (χ3v) is 9.02. The molecule has 1 aliphatic carbocycles. The van der Waals surface area contributed by atoms with Crippen molar-refractivity contribution in [2.24, 2.45) is 5.92 Å². The molecule has 4 fully saturated rings. The fourth-order valence-corrected chi connectivity index (χ4v) is 6.73. The van der Waals surface area contributed by atoms with Crippen LogP contribution in [0.3, 0.4) is 0 Å². The summed E-state index contributed by atoms with van der Waals surface area (Å²) in [5, 5.41) is 8.00. The van der Waals surface area contributed by atoms with Crippen LogP contribution < -0.4 is 5.32 Å². The quantitative estimate of drug-likeness (QED) is 0.600. The highest BCUT2D eigenvalue weighted by Gasteiger charge is 2.40. The molecule has 4 heterocycles. The number of alkyl halides is 3. The molecule has 0 spiro atoms. The summed E-state index contributed by atoms with van der Waals surface area (Å²) < 4.78 is 42.8. The van der Waals surface area contributed by atoms with E-state index < -0.39 is 11.7 Å². The van der Waals surface area contributed by atoms with Crippen molar-refractivity contribution in [1.82, 2.24) is 24.9 Å². The van der Waals surface area contributed by atoms with Crippen LogP contribution in [-0.4, -0.2) is 70.7 Å². The van der Waals surface area contributed by atoms with Gasteiger partial charge in [-0.05, 0) is 69.7 Å². The van der Waals surface area contributed by atoms with Crippen LogP contribution in [-0.2, 0) is 11.0 Å². The van der Waals surface area contributed by atoms with Crippen LogP contribution in [0.1, 0.15) is 90.0 Å². The molecule has 39 heavy (non-hydrogen) atoms. The van der Waals surface area contributed by atoms with E-state index >= 15 is 0 Å². The summed E-state index contributed by atoms with van der Waals surface area (Å²) >= 11 is 0. The lowest BCUT2D eigenvalue weighted by molar-refractivity contribution is -0.138. The van der Waals surface area contributed by atoms with Crippen molar-refractivity contribution >= 4 is 11.8 Å². The summed E-state index contributed by atoms with van der Waals surface area (Å²) in [7, 11) is 0. The van der Waals surface area contributed by atoms with Gasteiger partial charge in [0.05, 0.1) is 29.1 Å². The number of benzene rings is 1. The van der Waals surface area contributed by atoms with Gasteiger partial charge in [0, 0.05) is 43.9 Å². The normalized spacial score (nSPS) is 23.4. The molecular formula is C29H36F3N5O2. The van der Waals surface area contributed by atoms with Crippen LogP contribution in [0.2, 0.25) is 0 Å². The van der Waals surface area contributed by atoms with Gasteiger partial charge in [0.1, 0.15) is 0 Å². The number of hydrogen-bond acceptors (Lipinski definition) is 4. The highest BCUT2D eigenvalue weighted by molar-refractivity contribution is 5.95. The van der Waals surface area contributed by atoms with Crippen molar-refractivity contribution in [3.05, 3.63) is 52.8 Å². The maximum atomic E-state index is 13.7. The molecule has 3 aliphatic heterocycles. The molecule has 1 aromatic heterocycles. The number of amides is 2. The van der Waals surface area contributed by atoms with Crippen LogP contribution in [0.15, 0.2) is 30.5 Å². The van der Waals surface area contributed by atoms with Gasteiger partial charge in [-0.25, -0.2) is 0 Å². The van der Waals surface area contributed by atoms with E-state index in [1.807, 2.05) is 9.58 Å². The van der Waals surface area contributed by atoms with Crippen molar-refractivity contribution in [2.75, 3.05) is 39.3 Å². The lowest BCUT2D eigenvalue weighted by Crippen LogP contribution is -2.45. The Hall–Kier alpha value is -2.88. The van der Waals surface area contributed by atoms with Gasteiger partial charge >= 0.3 is 6.18 Å². The smallest absolute Gasteiger partial charge is 0.342 e. The van der Waals surface area contributed by atoms with Gasteiger partial charge in [-0.1, -0.05) is 18.2 Å². The number of halogens is 3. The maximum Gasteiger partial charge on any atom is 0.416 e. The Labute approximate surface area is 226 Å². The van der Waals surface area contributed by atoms with E-state index in [4.69, 9.17) is 0 Å². The van der Waals surface area contributed by atoms with Gasteiger partial charge in [-0.3, -0.25) is 14.3 Å². The molecule has 2 aromatic rings. The average molecular weight is 544 g/mol. The number of aromatic nitrogens is 2. The Morgan fingerprint density at radius 2 is 1.56 bits per heavy atom. The molecule has 6 rings (SSSR count). The van der Waals surface area contributed by atoms with E-state index in [9.17, 15) is 22.8 Å². The van der Waals surface area contributed by atoms with Gasteiger partial charge < -0.3 is 15.1 Å². The molecule has 1 atom stereocenters. The lowest BCUT2D eigenvalue weighted by Gasteiger charge is -2.36. The number of carbonyl (C=O) groups is 2. The SMILES string of the molecule is O=C(c1cnn(C2CCN(C(=O)C3CCNCC3)CC2)c1C1CC1)N1CC[C@@H](c2ccccc2C(F)(F)F)C1. The first-order valence-corrected chi connectivity index (χ1v) is 14.3. The second kappa shape index (κ2) is 10.6. The number of nitrogens with zero attached hydrogens (tertiary/aromatic N) is 4. The van der Waals surface area contributed by atoms with Crippen molar-refractivity contribution in [2.45, 2.75) is 69.0 Å². The van der Waals surface area contributed by atoms with Crippen LogP contribution in [0.5, 0.6) is 0 Å². The van der Waals surface area contributed by atoms with E-state index in [0.29, 0.717) is 37.5 Å². The zero-order valence-electron chi connectivity index (χ0n) is 22.1. The van der Waals surface area contributed by atoms with Crippen LogP contribution in [0, 0.1) is 5.92 Å². The van der Waals surface area contributed by atoms with Gasteiger partial charge in [-0.15, -0.1) is 0 Å². The fraction of sp³-hybridized carbons (Fsp3) is 0.621. The summed E-state index contributed by atoms with van der Waals surface area (Å²) in [5.41, 5.74) is 1.22. The minimum Gasteiger partial charge on any atom is -0.342 e. The molecule has 1 aromatic carbocycles. The van der Waals surface area contributed by atoms with Gasteiger partial charge in [0.2, 0.25) is 5.91 Å². The van der Waals surface area contributed by atoms with E-state index in [2.05, 4.69) is 10.4 Å². The van der Waals surface area contributed by atoms with E-state index in [1.54, 1.807) is 17.2 Å². The summed E-state index contributed by atoms with van der Waals surface area (Å²) in [5.74, 6) is 0.211. The molecule has 210 valence electrons. The molecule has 4 aliphatic rings. The van der Waals surface area contributed by atoms with Gasteiger partial charge in [0.15, 0.2) is 0 Å². The Bertz CT molecular complexity index is 1210. The molecular weight excluding hydrogens is 507 g/mol. The minimum absolute atomic E-state index is 0.117. The van der Waals surface area contributed by atoms with Crippen molar-refractivity contribution in [3.63, 3.8) is 0 Å². The number of hydrogen-bond donors (Lipinski definition) is 1. The molecule has 0 unspecified atom stereocenters. The number of likely N-dealkylation sites (tertiary alicyclic amines) is 2. The van der Waals surface area contributed by atoms with Crippen LogP contribution in [0.4, 0.5) is 13.2 Å². The average Bonchev–Trinajstić information content (AvgIpc) is 3.50. The second-order valence-electron chi connectivity index (χ2n) is 11.6. The lowest BCUT2D eigenvalue weighted by atomic mass is 9.93. The molecule has 0 bridgehead atoms. The standard InChI is InChI=1S/C29H36F3N5O2/c30-29(31,32)25-4-2-1-3-23(25)21-9-14-36(18-21)28(39)24-17-34-37(26(24)19-5-6-19)22-10-15-35(16-11-22)27(38)20-7-12-33-13-8-20/h1-4,17,19-22,33H,5-16,18H2/t21-/m1/s1. The monoisotopic (exact) mass is 543 g/mol. The third-order valence-electron chi connectivity index (χ3n) is 9.02. The predicted octanol–water partition coefficient (Wildman–Crippen LogP) is 4.57. The van der Waals surface area contributed by atoms with Gasteiger partial charge in [0.25, 0.3) is 5.91 Å². The van der Waals surface area contributed by atoms with Crippen LogP contribution in [0.25, 0.3) is 0 Å². The number of nitrogens with one attached hydrogen (secondary N) is 1. The largest absolute Gasteiger partial charge is 0.416 e. The molecule has 2 amide bonds. The summed E-state index contributed by atoms with van der Waals surface area (Å²) in [6, 6.07) is 5.85. The molecule has 3 saturated heterocycles. The van der Waals surface area contributed by atoms with Crippen molar-refractivity contribution in [1.29, 1.82) is 0 Å². The van der Waals surface area contributed by atoms with Crippen LogP contribution >= 0.6 is 0 Å². The summed E-state index contributed by atoms with van der Waals surface area (Å²) in [6.07, 6.45) is 3.21. The topological polar surface area (TPSA) is 70.5 Å². The predicted molar refractivity (Wildman–Crippen MR) is 139 cm³/mol. The molecule has 10 heteroatoms. The number of piperidine rings is 2. The zero-order valence-corrected chi connectivity index (χ0v) is 22.1. The Morgan fingerprint density at radius 3 is 2.26 bits per heavy atom. The summed E-state index contributed by atoms with van der Waals surface area (Å²) in [6.45, 7) is 3.91. The highest BCUT2D eigenvalue weighted by atomic mass is 19.4. The minimum atomic E-state index is -4.41. The molecule has 7 nitrogen and oxygen atoms in total. The van der Waals surface area contributed by atoms with E-state index in [1.165, 1.54) is 12.1 Å². The van der Waals surface area contributed by atoms with Gasteiger partial charge in [-0.2, -0.15) is 18.3 Å². The number of carbonyl (C=O) groups excluding carboxylic acids is 2. The van der Waals surface area contributed by atoms with Crippen molar-refractivity contribution in [3.8, 4) is 0 Å². The first-order chi connectivity index (χ1) is 18.8. The Balaban J connectivity index is 1.14. The highest BCUT2D eigenvalue weighted by Crippen LogP contribution is 2.44. The summed E-state index contributed by atoms with van der Waals surface area (Å²) in [4.78, 5) is 30.4. The maximum absolute atomic E-state index is 13.7. The molecule has 0 radical (unpaired) electrons.